The van der Waals surface area contributed by atoms with Gasteiger partial charge in [0.2, 0.25) is 11.8 Å². The molecule has 0 amide bonds. The molecule has 2 heterocycles. The van der Waals surface area contributed by atoms with Gasteiger partial charge >= 0.3 is 7.12 Å². The van der Waals surface area contributed by atoms with Crippen molar-refractivity contribution in [2.75, 3.05) is 37.2 Å². The zero-order valence-corrected chi connectivity index (χ0v) is 21.4. The quantitative estimate of drug-likeness (QED) is 0.161. The maximum atomic E-state index is 8.77. The second-order valence-electron chi connectivity index (χ2n) is 7.15. The standard InChI is InChI=1S/C12H13N3O.C6H8BNO3.C6H7BrN2/c1-16-12-9(3-2-6-15-12)8-4-5-10(13)11(14)7-8;1-11-6-5(7(9)10)3-2-4-8-6;7-4-1-2-5(8)6(9)3-4/h2-7H,13-14H2,1H3;2-4,9-10H,1H3;1-3H,8-9H2. The topological polar surface area (TPSA) is 189 Å². The third-order valence-corrected chi connectivity index (χ3v) is 5.18. The molecule has 0 aliphatic carbocycles. The van der Waals surface area contributed by atoms with E-state index in [-0.39, 0.29) is 11.3 Å². The van der Waals surface area contributed by atoms with E-state index in [0.717, 1.165) is 15.6 Å². The Morgan fingerprint density at radius 1 is 0.722 bits per heavy atom. The fraction of sp³-hybridized carbons (Fsp3) is 0.0833. The number of nitrogen functional groups attached to an aromatic ring is 4. The van der Waals surface area contributed by atoms with Gasteiger partial charge in [0.05, 0.1) is 37.0 Å². The summed E-state index contributed by atoms with van der Waals surface area (Å²) in [5, 5.41) is 17.5. The summed E-state index contributed by atoms with van der Waals surface area (Å²) in [6.07, 6.45) is 3.20. The summed E-state index contributed by atoms with van der Waals surface area (Å²) in [7, 11) is 1.49. The Labute approximate surface area is 218 Å². The van der Waals surface area contributed by atoms with E-state index in [9.17, 15) is 0 Å². The van der Waals surface area contributed by atoms with E-state index in [1.807, 2.05) is 30.3 Å². The largest absolute Gasteiger partial charge is 0.493 e. The normalized spacial score (nSPS) is 9.69. The first-order valence-electron chi connectivity index (χ1n) is 10.5. The maximum absolute atomic E-state index is 8.77. The zero-order chi connectivity index (χ0) is 26.7. The average Bonchev–Trinajstić information content (AvgIpc) is 2.88. The number of anilines is 4. The SMILES string of the molecule is COc1ncccc1-c1ccc(N)c(N)c1.COc1ncccc1B(O)O.Nc1ccc(Br)cc1N. The molecule has 2 aromatic carbocycles. The molecule has 36 heavy (non-hydrogen) atoms. The van der Waals surface area contributed by atoms with Crippen LogP contribution in [0.4, 0.5) is 22.7 Å². The smallest absolute Gasteiger partial charge is 0.481 e. The molecule has 12 heteroatoms. The summed E-state index contributed by atoms with van der Waals surface area (Å²) in [4.78, 5) is 7.91. The second-order valence-corrected chi connectivity index (χ2v) is 8.07. The van der Waals surface area contributed by atoms with Gasteiger partial charge in [-0.1, -0.05) is 28.1 Å². The summed E-state index contributed by atoms with van der Waals surface area (Å²) in [5.41, 5.74) is 26.8. The number of rotatable bonds is 4. The van der Waals surface area contributed by atoms with E-state index in [4.69, 9.17) is 42.5 Å². The van der Waals surface area contributed by atoms with Gasteiger partial charge < -0.3 is 42.5 Å². The Balaban J connectivity index is 0.000000200. The van der Waals surface area contributed by atoms with Gasteiger partial charge in [0.1, 0.15) is 0 Å². The Morgan fingerprint density at radius 2 is 1.28 bits per heavy atom. The molecule has 0 fully saturated rings. The highest BCUT2D eigenvalue weighted by Gasteiger charge is 2.16. The first-order chi connectivity index (χ1) is 17.2. The molecule has 0 saturated heterocycles. The number of hydrogen-bond donors (Lipinski definition) is 6. The monoisotopic (exact) mass is 554 g/mol. The van der Waals surface area contributed by atoms with Crippen molar-refractivity contribution in [3.05, 3.63) is 77.5 Å². The van der Waals surface area contributed by atoms with Gasteiger partial charge in [-0.3, -0.25) is 0 Å². The number of aromatic nitrogens is 2. The van der Waals surface area contributed by atoms with Crippen molar-refractivity contribution < 1.29 is 19.5 Å². The van der Waals surface area contributed by atoms with Gasteiger partial charge in [-0.25, -0.2) is 9.97 Å². The summed E-state index contributed by atoms with van der Waals surface area (Å²) in [6.45, 7) is 0. The highest BCUT2D eigenvalue weighted by molar-refractivity contribution is 9.10. The van der Waals surface area contributed by atoms with Crippen molar-refractivity contribution in [2.45, 2.75) is 0 Å². The molecule has 0 saturated carbocycles. The number of nitrogens with zero attached hydrogens (tertiary/aromatic N) is 2. The number of pyridine rings is 2. The minimum absolute atomic E-state index is 0.238. The van der Waals surface area contributed by atoms with E-state index in [1.54, 1.807) is 37.6 Å². The molecule has 10 N–H and O–H groups in total. The van der Waals surface area contributed by atoms with Gasteiger partial charge in [0.15, 0.2) is 0 Å². The van der Waals surface area contributed by atoms with Crippen molar-refractivity contribution >= 4 is 51.3 Å². The molecule has 2 aromatic heterocycles. The number of nitrogens with two attached hydrogens (primary N) is 4. The van der Waals surface area contributed by atoms with Crippen molar-refractivity contribution in [3.8, 4) is 22.9 Å². The lowest BCUT2D eigenvalue weighted by Gasteiger charge is -2.08. The summed E-state index contributed by atoms with van der Waals surface area (Å²) >= 11 is 3.26. The van der Waals surface area contributed by atoms with E-state index in [2.05, 4.69) is 25.9 Å². The van der Waals surface area contributed by atoms with Crippen LogP contribution in [0.2, 0.25) is 0 Å². The van der Waals surface area contributed by atoms with Gasteiger partial charge in [-0.15, -0.1) is 0 Å². The molecule has 0 atom stereocenters. The van der Waals surface area contributed by atoms with Crippen molar-refractivity contribution in [1.29, 1.82) is 0 Å². The lowest BCUT2D eigenvalue weighted by molar-refractivity contribution is 0.391. The predicted molar refractivity (Wildman–Crippen MR) is 149 cm³/mol. The number of ether oxygens (including phenoxy) is 2. The molecule has 0 bridgehead atoms. The Kier molecular flexibility index (Phi) is 10.8. The predicted octanol–water partition coefficient (Wildman–Crippen LogP) is 2.31. The molecule has 10 nitrogen and oxygen atoms in total. The molecule has 0 unspecified atom stereocenters. The first kappa shape index (κ1) is 28.2. The van der Waals surface area contributed by atoms with Crippen molar-refractivity contribution in [2.24, 2.45) is 0 Å². The Morgan fingerprint density at radius 3 is 1.78 bits per heavy atom. The van der Waals surface area contributed by atoms with Gasteiger partial charge in [0, 0.05) is 27.9 Å². The number of hydrogen-bond acceptors (Lipinski definition) is 10. The Hall–Kier alpha value is -4.00. The van der Waals surface area contributed by atoms with Crippen molar-refractivity contribution in [1.82, 2.24) is 9.97 Å². The minimum Gasteiger partial charge on any atom is -0.481 e. The highest BCUT2D eigenvalue weighted by atomic mass is 79.9. The number of methoxy groups -OCH3 is 2. The zero-order valence-electron chi connectivity index (χ0n) is 19.8. The lowest BCUT2D eigenvalue weighted by atomic mass is 9.81. The van der Waals surface area contributed by atoms with Crippen LogP contribution in [0.5, 0.6) is 11.8 Å². The second kappa shape index (κ2) is 13.8. The molecule has 188 valence electrons. The highest BCUT2D eigenvalue weighted by Crippen LogP contribution is 2.30. The first-order valence-corrected chi connectivity index (χ1v) is 11.3. The van der Waals surface area contributed by atoms with Gasteiger partial charge in [-0.2, -0.15) is 0 Å². The van der Waals surface area contributed by atoms with Crippen LogP contribution in [0.25, 0.3) is 11.1 Å². The van der Waals surface area contributed by atoms with Gasteiger partial charge in [-0.05, 0) is 54.1 Å². The van der Waals surface area contributed by atoms with Crippen LogP contribution in [0.15, 0.2) is 77.5 Å². The van der Waals surface area contributed by atoms with E-state index >= 15 is 0 Å². The number of benzene rings is 2. The molecule has 0 spiro atoms. The average molecular weight is 555 g/mol. The van der Waals surface area contributed by atoms with Crippen LogP contribution < -0.4 is 37.9 Å². The molecule has 0 radical (unpaired) electrons. The molecular weight excluding hydrogens is 527 g/mol. The maximum Gasteiger partial charge on any atom is 0.493 e. The fourth-order valence-corrected chi connectivity index (χ4v) is 3.21. The molecule has 0 aliphatic rings. The summed E-state index contributed by atoms with van der Waals surface area (Å²) < 4.78 is 10.9. The van der Waals surface area contributed by atoms with Crippen LogP contribution in [-0.2, 0) is 0 Å². The minimum atomic E-state index is -1.53. The molecule has 4 aromatic rings. The third-order valence-electron chi connectivity index (χ3n) is 4.68. The van der Waals surface area contributed by atoms with Crippen molar-refractivity contribution in [3.63, 3.8) is 0 Å². The summed E-state index contributed by atoms with van der Waals surface area (Å²) in [5.74, 6) is 0.814. The molecular formula is C24H28BBrN6O4. The lowest BCUT2D eigenvalue weighted by Crippen LogP contribution is -2.31. The van der Waals surface area contributed by atoms with E-state index in [0.29, 0.717) is 28.6 Å². The van der Waals surface area contributed by atoms with Crippen LogP contribution in [-0.4, -0.2) is 41.4 Å². The molecule has 0 aliphatic heterocycles. The van der Waals surface area contributed by atoms with E-state index in [1.165, 1.54) is 19.4 Å². The van der Waals surface area contributed by atoms with Crippen LogP contribution in [0.3, 0.4) is 0 Å². The van der Waals surface area contributed by atoms with Crippen LogP contribution >= 0.6 is 15.9 Å². The van der Waals surface area contributed by atoms with Crippen LogP contribution in [0.1, 0.15) is 0 Å². The third kappa shape index (κ3) is 8.05. The summed E-state index contributed by atoms with van der Waals surface area (Å²) in [6, 6.07) is 17.8. The Bertz CT molecular complexity index is 1280. The van der Waals surface area contributed by atoms with Crippen LogP contribution in [0, 0.1) is 0 Å². The van der Waals surface area contributed by atoms with E-state index < -0.39 is 7.12 Å². The molecule has 4 rings (SSSR count). The van der Waals surface area contributed by atoms with Gasteiger partial charge in [0.25, 0.3) is 0 Å². The number of halogens is 1. The fourth-order valence-electron chi connectivity index (χ4n) is 2.83.